The molecule has 2 heterocycles. The average molecular weight is 403 g/mol. The standard InChI is InChI=1S/C20H23ClN4O3/c1-28-18-6-5-16(21)11-17(18)24-19(26)7-4-14-3-2-10-25(13-14)20(27)15-8-9-22-23-12-15/h5-6,8-9,11-12,14H,2-4,7,10,13H2,1H3,(H,24,26)/t14-/m0/s1. The van der Waals surface area contributed by atoms with Crippen molar-refractivity contribution in [1.82, 2.24) is 15.1 Å². The molecule has 0 spiro atoms. The molecule has 148 valence electrons. The summed E-state index contributed by atoms with van der Waals surface area (Å²) in [6.07, 6.45) is 6.03. The van der Waals surface area contributed by atoms with Crippen LogP contribution in [0.25, 0.3) is 0 Å². The molecular weight excluding hydrogens is 380 g/mol. The number of methoxy groups -OCH3 is 1. The third-order valence-electron chi connectivity index (χ3n) is 4.85. The summed E-state index contributed by atoms with van der Waals surface area (Å²) in [6.45, 7) is 1.37. The van der Waals surface area contributed by atoms with Crippen LogP contribution in [0.2, 0.25) is 5.02 Å². The Balaban J connectivity index is 1.52. The fraction of sp³-hybridized carbons (Fsp3) is 0.400. The molecule has 1 saturated heterocycles. The van der Waals surface area contributed by atoms with Crippen molar-refractivity contribution >= 4 is 29.1 Å². The highest BCUT2D eigenvalue weighted by molar-refractivity contribution is 6.31. The molecule has 1 aromatic heterocycles. The largest absolute Gasteiger partial charge is 0.495 e. The number of amides is 2. The Labute approximate surface area is 169 Å². The van der Waals surface area contributed by atoms with Crippen molar-refractivity contribution in [2.24, 2.45) is 5.92 Å². The van der Waals surface area contributed by atoms with E-state index in [4.69, 9.17) is 16.3 Å². The van der Waals surface area contributed by atoms with Crippen LogP contribution in [0.3, 0.4) is 0 Å². The number of nitrogens with one attached hydrogen (secondary N) is 1. The molecule has 0 bridgehead atoms. The average Bonchev–Trinajstić information content (AvgIpc) is 2.73. The fourth-order valence-corrected chi connectivity index (χ4v) is 3.58. The van der Waals surface area contributed by atoms with Crippen molar-refractivity contribution in [1.29, 1.82) is 0 Å². The molecule has 1 atom stereocenters. The molecule has 2 aromatic rings. The molecule has 0 saturated carbocycles. The first-order valence-corrected chi connectivity index (χ1v) is 9.64. The molecule has 1 fully saturated rings. The van der Waals surface area contributed by atoms with Crippen molar-refractivity contribution in [3.8, 4) is 5.75 Å². The number of hydrogen-bond acceptors (Lipinski definition) is 5. The number of nitrogens with zero attached hydrogens (tertiary/aromatic N) is 3. The predicted molar refractivity (Wildman–Crippen MR) is 107 cm³/mol. The molecule has 28 heavy (non-hydrogen) atoms. The number of aromatic nitrogens is 2. The van der Waals surface area contributed by atoms with Crippen LogP contribution < -0.4 is 10.1 Å². The van der Waals surface area contributed by atoms with E-state index in [2.05, 4.69) is 15.5 Å². The SMILES string of the molecule is COc1ccc(Cl)cc1NC(=O)CC[C@@H]1CCCN(C(=O)c2ccnnc2)C1. The number of piperidine rings is 1. The molecular formula is C20H23ClN4O3. The summed E-state index contributed by atoms with van der Waals surface area (Å²) in [5.74, 6) is 0.729. The Bertz CT molecular complexity index is 831. The Morgan fingerprint density at radius 2 is 2.18 bits per heavy atom. The van der Waals surface area contributed by atoms with Gasteiger partial charge in [0.1, 0.15) is 5.75 Å². The number of rotatable bonds is 6. The van der Waals surface area contributed by atoms with Crippen molar-refractivity contribution in [2.45, 2.75) is 25.7 Å². The second-order valence-corrected chi connectivity index (χ2v) is 7.26. The molecule has 8 heteroatoms. The van der Waals surface area contributed by atoms with E-state index in [1.54, 1.807) is 31.4 Å². The molecule has 0 radical (unpaired) electrons. The van der Waals surface area contributed by atoms with Crippen LogP contribution in [-0.4, -0.2) is 47.1 Å². The van der Waals surface area contributed by atoms with Gasteiger partial charge in [0.25, 0.3) is 5.91 Å². The van der Waals surface area contributed by atoms with Crippen LogP contribution in [0.4, 0.5) is 5.69 Å². The van der Waals surface area contributed by atoms with E-state index in [-0.39, 0.29) is 11.8 Å². The number of likely N-dealkylation sites (tertiary alicyclic amines) is 1. The summed E-state index contributed by atoms with van der Waals surface area (Å²) in [6, 6.07) is 6.77. The zero-order valence-electron chi connectivity index (χ0n) is 15.7. The molecule has 0 aliphatic carbocycles. The van der Waals surface area contributed by atoms with E-state index in [1.807, 2.05) is 4.90 Å². The molecule has 3 rings (SSSR count). The number of carbonyl (C=O) groups is 2. The molecule has 2 amide bonds. The summed E-state index contributed by atoms with van der Waals surface area (Å²) in [4.78, 5) is 26.8. The van der Waals surface area contributed by atoms with Gasteiger partial charge in [-0.15, -0.1) is 0 Å². The minimum atomic E-state index is -0.0950. The minimum Gasteiger partial charge on any atom is -0.495 e. The Morgan fingerprint density at radius 1 is 1.32 bits per heavy atom. The van der Waals surface area contributed by atoms with Gasteiger partial charge in [-0.2, -0.15) is 10.2 Å². The Morgan fingerprint density at radius 3 is 2.93 bits per heavy atom. The maximum absolute atomic E-state index is 12.6. The van der Waals surface area contributed by atoms with E-state index in [1.165, 1.54) is 12.4 Å². The summed E-state index contributed by atoms with van der Waals surface area (Å²) < 4.78 is 5.25. The lowest BCUT2D eigenvalue weighted by Crippen LogP contribution is -2.40. The summed E-state index contributed by atoms with van der Waals surface area (Å²) in [7, 11) is 1.55. The van der Waals surface area contributed by atoms with Crippen molar-refractivity contribution in [3.05, 3.63) is 47.2 Å². The number of hydrogen-bond donors (Lipinski definition) is 1. The van der Waals surface area contributed by atoms with Gasteiger partial charge in [0.2, 0.25) is 5.91 Å². The molecule has 7 nitrogen and oxygen atoms in total. The third kappa shape index (κ3) is 5.19. The predicted octanol–water partition coefficient (Wildman–Crippen LogP) is 3.41. The summed E-state index contributed by atoms with van der Waals surface area (Å²) >= 11 is 6.00. The summed E-state index contributed by atoms with van der Waals surface area (Å²) in [5.41, 5.74) is 1.10. The van der Waals surface area contributed by atoms with E-state index in [0.717, 1.165) is 19.4 Å². The van der Waals surface area contributed by atoms with Gasteiger partial charge in [0.15, 0.2) is 0 Å². The maximum Gasteiger partial charge on any atom is 0.255 e. The smallest absolute Gasteiger partial charge is 0.255 e. The van der Waals surface area contributed by atoms with E-state index >= 15 is 0 Å². The molecule has 1 aliphatic heterocycles. The second-order valence-electron chi connectivity index (χ2n) is 6.82. The number of carbonyl (C=O) groups excluding carboxylic acids is 2. The first-order valence-electron chi connectivity index (χ1n) is 9.26. The topological polar surface area (TPSA) is 84.4 Å². The van der Waals surface area contributed by atoms with E-state index in [9.17, 15) is 9.59 Å². The van der Waals surface area contributed by atoms with Gasteiger partial charge in [-0.05, 0) is 49.4 Å². The zero-order valence-corrected chi connectivity index (χ0v) is 16.5. The molecule has 1 aliphatic rings. The molecule has 1 aromatic carbocycles. The van der Waals surface area contributed by atoms with E-state index in [0.29, 0.717) is 47.3 Å². The van der Waals surface area contributed by atoms with Gasteiger partial charge < -0.3 is 15.0 Å². The van der Waals surface area contributed by atoms with Crippen LogP contribution in [0.1, 0.15) is 36.0 Å². The minimum absolute atomic E-state index is 0.0345. The third-order valence-corrected chi connectivity index (χ3v) is 5.09. The van der Waals surface area contributed by atoms with Crippen molar-refractivity contribution in [3.63, 3.8) is 0 Å². The normalized spacial score (nSPS) is 16.5. The van der Waals surface area contributed by atoms with Crippen LogP contribution in [0.15, 0.2) is 36.7 Å². The highest BCUT2D eigenvalue weighted by atomic mass is 35.5. The fourth-order valence-electron chi connectivity index (χ4n) is 3.41. The van der Waals surface area contributed by atoms with Gasteiger partial charge in [-0.3, -0.25) is 9.59 Å². The van der Waals surface area contributed by atoms with Gasteiger partial charge in [0, 0.05) is 24.5 Å². The Kier molecular flexibility index (Phi) is 6.81. The number of halogens is 1. The Hall–Kier alpha value is -2.67. The van der Waals surface area contributed by atoms with E-state index < -0.39 is 0 Å². The first-order chi connectivity index (χ1) is 13.6. The lowest BCUT2D eigenvalue weighted by molar-refractivity contribution is -0.116. The lowest BCUT2D eigenvalue weighted by atomic mass is 9.93. The van der Waals surface area contributed by atoms with Gasteiger partial charge >= 0.3 is 0 Å². The highest BCUT2D eigenvalue weighted by Gasteiger charge is 2.25. The first kappa shape index (κ1) is 20.1. The van der Waals surface area contributed by atoms with Crippen LogP contribution in [0.5, 0.6) is 5.75 Å². The van der Waals surface area contributed by atoms with Crippen LogP contribution in [0, 0.1) is 5.92 Å². The van der Waals surface area contributed by atoms with Crippen molar-refractivity contribution in [2.75, 3.05) is 25.5 Å². The highest BCUT2D eigenvalue weighted by Crippen LogP contribution is 2.28. The summed E-state index contributed by atoms with van der Waals surface area (Å²) in [5, 5.41) is 10.9. The van der Waals surface area contributed by atoms with Gasteiger partial charge in [0.05, 0.1) is 30.8 Å². The molecule has 1 N–H and O–H groups in total. The maximum atomic E-state index is 12.6. The van der Waals surface area contributed by atoms with Gasteiger partial charge in [-0.25, -0.2) is 0 Å². The van der Waals surface area contributed by atoms with Crippen molar-refractivity contribution < 1.29 is 14.3 Å². The van der Waals surface area contributed by atoms with Crippen LogP contribution in [-0.2, 0) is 4.79 Å². The molecule has 0 unspecified atom stereocenters. The van der Waals surface area contributed by atoms with Crippen LogP contribution >= 0.6 is 11.6 Å². The number of anilines is 1. The quantitative estimate of drug-likeness (QED) is 0.800. The monoisotopic (exact) mass is 402 g/mol. The zero-order chi connectivity index (χ0) is 19.9. The second kappa shape index (κ2) is 9.50. The van der Waals surface area contributed by atoms with Gasteiger partial charge in [-0.1, -0.05) is 11.6 Å². The number of benzene rings is 1. The number of ether oxygens (including phenoxy) is 1. The lowest BCUT2D eigenvalue weighted by Gasteiger charge is -2.32.